The second-order valence-corrected chi connectivity index (χ2v) is 3.62. The van der Waals surface area contributed by atoms with Gasteiger partial charge in [-0.25, -0.2) is 0 Å². The van der Waals surface area contributed by atoms with Crippen LogP contribution in [-0.4, -0.2) is 24.7 Å². The van der Waals surface area contributed by atoms with Crippen molar-refractivity contribution in [2.75, 3.05) is 18.6 Å². The normalized spacial score (nSPS) is 10.1. The molecule has 0 unspecified atom stereocenters. The summed E-state index contributed by atoms with van der Waals surface area (Å²) in [6, 6.07) is 7.80. The molecular weight excluding hydrogens is 190 g/mol. The highest BCUT2D eigenvalue weighted by atomic mass is 16.3. The zero-order valence-electron chi connectivity index (χ0n) is 9.23. The minimum Gasteiger partial charge on any atom is -0.396 e. The number of anilines is 1. The van der Waals surface area contributed by atoms with Crippen molar-refractivity contribution >= 4 is 11.6 Å². The van der Waals surface area contributed by atoms with Crippen molar-refractivity contribution in [3.8, 4) is 0 Å². The number of aliphatic hydroxyl groups is 1. The molecule has 0 aliphatic carbocycles. The molecular formula is C12H17NO2. The van der Waals surface area contributed by atoms with Crippen molar-refractivity contribution in [1.82, 2.24) is 0 Å². The molecule has 0 fully saturated rings. The maximum Gasteiger partial charge on any atom is 0.226 e. The summed E-state index contributed by atoms with van der Waals surface area (Å²) in [6.07, 6.45) is 0.913. The van der Waals surface area contributed by atoms with Crippen LogP contribution < -0.4 is 4.90 Å². The Balaban J connectivity index is 2.63. The Morgan fingerprint density at radius 2 is 1.93 bits per heavy atom. The summed E-state index contributed by atoms with van der Waals surface area (Å²) in [4.78, 5) is 13.2. The zero-order chi connectivity index (χ0) is 11.3. The van der Waals surface area contributed by atoms with Gasteiger partial charge in [-0.2, -0.15) is 0 Å². The molecule has 0 aromatic heterocycles. The Kier molecular flexibility index (Phi) is 4.31. The van der Waals surface area contributed by atoms with E-state index < -0.39 is 0 Å². The van der Waals surface area contributed by atoms with E-state index in [0.29, 0.717) is 12.8 Å². The van der Waals surface area contributed by atoms with Crippen LogP contribution in [0, 0.1) is 6.92 Å². The van der Waals surface area contributed by atoms with E-state index in [-0.39, 0.29) is 12.5 Å². The fourth-order valence-corrected chi connectivity index (χ4v) is 1.31. The molecule has 0 bridgehead atoms. The summed E-state index contributed by atoms with van der Waals surface area (Å²) in [6.45, 7) is 2.07. The highest BCUT2D eigenvalue weighted by Crippen LogP contribution is 2.14. The number of aliphatic hydroxyl groups excluding tert-OH is 1. The smallest absolute Gasteiger partial charge is 0.226 e. The lowest BCUT2D eigenvalue weighted by Gasteiger charge is -2.17. The quantitative estimate of drug-likeness (QED) is 0.816. The minimum atomic E-state index is 0.0351. The van der Waals surface area contributed by atoms with Crippen molar-refractivity contribution in [2.24, 2.45) is 0 Å². The fraction of sp³-hybridized carbons (Fsp3) is 0.417. The lowest BCUT2D eigenvalue weighted by Crippen LogP contribution is -2.25. The van der Waals surface area contributed by atoms with E-state index in [0.717, 1.165) is 5.69 Å². The molecule has 0 radical (unpaired) electrons. The van der Waals surface area contributed by atoms with Crippen LogP contribution in [0.2, 0.25) is 0 Å². The highest BCUT2D eigenvalue weighted by Gasteiger charge is 2.09. The number of nitrogens with zero attached hydrogens (tertiary/aromatic N) is 1. The summed E-state index contributed by atoms with van der Waals surface area (Å²) in [5.41, 5.74) is 2.07. The van der Waals surface area contributed by atoms with Crippen LogP contribution >= 0.6 is 0 Å². The molecule has 0 heterocycles. The molecule has 1 aromatic carbocycles. The molecule has 0 saturated heterocycles. The molecule has 0 saturated carbocycles. The number of hydrogen-bond acceptors (Lipinski definition) is 2. The van der Waals surface area contributed by atoms with Crippen LogP contribution in [0.1, 0.15) is 18.4 Å². The molecule has 15 heavy (non-hydrogen) atoms. The van der Waals surface area contributed by atoms with E-state index >= 15 is 0 Å². The average molecular weight is 207 g/mol. The minimum absolute atomic E-state index is 0.0351. The van der Waals surface area contributed by atoms with Gasteiger partial charge in [0.25, 0.3) is 0 Å². The standard InChI is InChI=1S/C12H17NO2/c1-10-5-7-11(8-6-10)13(2)12(15)4-3-9-14/h5-8,14H,3-4,9H2,1-2H3. The van der Waals surface area contributed by atoms with Gasteiger partial charge in [0, 0.05) is 25.8 Å². The Bertz CT molecular complexity index is 319. The van der Waals surface area contributed by atoms with Crippen molar-refractivity contribution in [1.29, 1.82) is 0 Å². The Morgan fingerprint density at radius 3 is 2.47 bits per heavy atom. The molecule has 0 aliphatic heterocycles. The Labute approximate surface area is 90.3 Å². The summed E-state index contributed by atoms with van der Waals surface area (Å²) in [5.74, 6) is 0.0351. The van der Waals surface area contributed by atoms with Gasteiger partial charge in [0.1, 0.15) is 0 Å². The third-order valence-electron chi connectivity index (χ3n) is 2.34. The lowest BCUT2D eigenvalue weighted by molar-refractivity contribution is -0.118. The van der Waals surface area contributed by atoms with Gasteiger partial charge in [-0.3, -0.25) is 4.79 Å². The second kappa shape index (κ2) is 5.51. The first-order valence-electron chi connectivity index (χ1n) is 5.09. The fourth-order valence-electron chi connectivity index (χ4n) is 1.31. The van der Waals surface area contributed by atoms with Gasteiger partial charge in [0.15, 0.2) is 0 Å². The first-order valence-corrected chi connectivity index (χ1v) is 5.09. The summed E-state index contributed by atoms with van der Waals surface area (Å²) in [5, 5.41) is 8.63. The lowest BCUT2D eigenvalue weighted by atomic mass is 10.2. The summed E-state index contributed by atoms with van der Waals surface area (Å²) >= 11 is 0. The Hall–Kier alpha value is -1.35. The maximum atomic E-state index is 11.6. The topological polar surface area (TPSA) is 40.5 Å². The van der Waals surface area contributed by atoms with Crippen molar-refractivity contribution in [3.05, 3.63) is 29.8 Å². The number of amides is 1. The third-order valence-corrected chi connectivity index (χ3v) is 2.34. The first kappa shape index (κ1) is 11.7. The van der Waals surface area contributed by atoms with Gasteiger partial charge in [-0.15, -0.1) is 0 Å². The van der Waals surface area contributed by atoms with Crippen LogP contribution in [0.3, 0.4) is 0 Å². The molecule has 3 nitrogen and oxygen atoms in total. The van der Waals surface area contributed by atoms with Gasteiger partial charge in [-0.05, 0) is 25.5 Å². The van der Waals surface area contributed by atoms with E-state index in [4.69, 9.17) is 5.11 Å². The monoisotopic (exact) mass is 207 g/mol. The van der Waals surface area contributed by atoms with E-state index in [1.54, 1.807) is 11.9 Å². The first-order chi connectivity index (χ1) is 7.15. The number of aryl methyl sites for hydroxylation is 1. The predicted molar refractivity (Wildman–Crippen MR) is 60.9 cm³/mol. The van der Waals surface area contributed by atoms with Gasteiger partial charge >= 0.3 is 0 Å². The maximum absolute atomic E-state index is 11.6. The van der Waals surface area contributed by atoms with Crippen molar-refractivity contribution in [3.63, 3.8) is 0 Å². The second-order valence-electron chi connectivity index (χ2n) is 3.62. The van der Waals surface area contributed by atoms with E-state index in [1.165, 1.54) is 5.56 Å². The zero-order valence-corrected chi connectivity index (χ0v) is 9.23. The molecule has 3 heteroatoms. The summed E-state index contributed by atoms with van der Waals surface area (Å²) in [7, 11) is 1.75. The number of carbonyl (C=O) groups excluding carboxylic acids is 1. The van der Waals surface area contributed by atoms with Gasteiger partial charge in [0.2, 0.25) is 5.91 Å². The van der Waals surface area contributed by atoms with Gasteiger partial charge in [0.05, 0.1) is 0 Å². The van der Waals surface area contributed by atoms with Crippen molar-refractivity contribution < 1.29 is 9.90 Å². The number of rotatable bonds is 4. The molecule has 1 aromatic rings. The largest absolute Gasteiger partial charge is 0.396 e. The molecule has 1 N–H and O–H groups in total. The van der Waals surface area contributed by atoms with Crippen LogP contribution in [0.4, 0.5) is 5.69 Å². The number of hydrogen-bond donors (Lipinski definition) is 1. The SMILES string of the molecule is Cc1ccc(N(C)C(=O)CCCO)cc1. The van der Waals surface area contributed by atoms with Crippen LogP contribution in [0.25, 0.3) is 0 Å². The van der Waals surface area contributed by atoms with Crippen LogP contribution in [-0.2, 0) is 4.79 Å². The van der Waals surface area contributed by atoms with Gasteiger partial charge < -0.3 is 10.0 Å². The van der Waals surface area contributed by atoms with Gasteiger partial charge in [-0.1, -0.05) is 17.7 Å². The number of benzene rings is 1. The molecule has 1 amide bonds. The average Bonchev–Trinajstić information content (AvgIpc) is 2.26. The number of carbonyl (C=O) groups is 1. The van der Waals surface area contributed by atoms with Crippen molar-refractivity contribution in [2.45, 2.75) is 19.8 Å². The summed E-state index contributed by atoms with van der Waals surface area (Å²) < 4.78 is 0. The van der Waals surface area contributed by atoms with E-state index in [1.807, 2.05) is 31.2 Å². The third kappa shape index (κ3) is 3.36. The molecule has 0 atom stereocenters. The molecule has 1 rings (SSSR count). The van der Waals surface area contributed by atoms with E-state index in [2.05, 4.69) is 0 Å². The molecule has 82 valence electrons. The van der Waals surface area contributed by atoms with Crippen LogP contribution in [0.5, 0.6) is 0 Å². The molecule has 0 aliphatic rings. The predicted octanol–water partition coefficient (Wildman–Crippen LogP) is 1.73. The van der Waals surface area contributed by atoms with Crippen LogP contribution in [0.15, 0.2) is 24.3 Å². The Morgan fingerprint density at radius 1 is 1.33 bits per heavy atom. The highest BCUT2D eigenvalue weighted by molar-refractivity contribution is 5.92. The molecule has 0 spiro atoms. The van der Waals surface area contributed by atoms with E-state index in [9.17, 15) is 4.79 Å².